The highest BCUT2D eigenvalue weighted by Crippen LogP contribution is 2.38. The Kier molecular flexibility index (Phi) is 5.81. The van der Waals surface area contributed by atoms with Crippen LogP contribution in [-0.4, -0.2) is 14.3 Å². The Hall–Kier alpha value is -1.37. The second kappa shape index (κ2) is 7.89. The topological polar surface area (TPSA) is 38.3 Å². The predicted molar refractivity (Wildman–Crippen MR) is 112 cm³/mol. The summed E-state index contributed by atoms with van der Waals surface area (Å²) in [6, 6.07) is 22.8. The van der Waals surface area contributed by atoms with Crippen LogP contribution in [0.3, 0.4) is 0 Å². The lowest BCUT2D eigenvalue weighted by molar-refractivity contribution is 0.0845. The smallest absolute Gasteiger partial charge is 0.254 e. The maximum atomic E-state index is 12.5. The van der Waals surface area contributed by atoms with E-state index < -0.39 is 8.37 Å². The van der Waals surface area contributed by atoms with Crippen LogP contribution in [0.1, 0.15) is 10.4 Å². The molecule has 1 atom stereocenters. The van der Waals surface area contributed by atoms with Crippen molar-refractivity contribution in [3.05, 3.63) is 78.4 Å². The van der Waals surface area contributed by atoms with Gasteiger partial charge in [-0.15, -0.1) is 0 Å². The zero-order chi connectivity index (χ0) is 17.9. The summed E-state index contributed by atoms with van der Waals surface area (Å²) in [6.45, 7) is 0. The van der Waals surface area contributed by atoms with Gasteiger partial charge in [0, 0.05) is 5.56 Å². The van der Waals surface area contributed by atoms with E-state index in [1.165, 1.54) is 0 Å². The number of carbonyl (C=O) groups is 1. The number of nitrogens with one attached hydrogen (secondary N) is 1. The monoisotopic (exact) mass is 525 g/mol. The van der Waals surface area contributed by atoms with Gasteiger partial charge in [-0.2, -0.15) is 0 Å². The molecule has 3 aromatic rings. The molecule has 0 aliphatic carbocycles. The Bertz CT molecular complexity index is 878. The van der Waals surface area contributed by atoms with Crippen molar-refractivity contribution < 1.29 is 9.53 Å². The maximum absolute atomic E-state index is 12.5. The van der Waals surface area contributed by atoms with Crippen LogP contribution in [-0.2, 0) is 0 Å². The first-order valence-corrected chi connectivity index (χ1v) is 9.89. The van der Waals surface area contributed by atoms with Crippen molar-refractivity contribution in [1.29, 1.82) is 0 Å². The lowest BCUT2D eigenvalue weighted by Gasteiger charge is -2.27. The molecule has 0 bridgehead atoms. The van der Waals surface area contributed by atoms with Gasteiger partial charge in [0.25, 0.3) is 5.91 Å². The Labute approximate surface area is 171 Å². The number of hydrogen-bond donors (Lipinski definition) is 1. The first kappa shape index (κ1) is 18.4. The second-order valence-corrected chi connectivity index (χ2v) is 12.3. The van der Waals surface area contributed by atoms with Crippen molar-refractivity contribution in [3.8, 4) is 5.75 Å². The van der Waals surface area contributed by atoms with Crippen LogP contribution < -0.4 is 10.1 Å². The van der Waals surface area contributed by atoms with Gasteiger partial charge in [0.05, 0.1) is 0 Å². The third-order valence-corrected chi connectivity index (χ3v) is 4.82. The highest BCUT2D eigenvalue weighted by Gasteiger charge is 2.34. The van der Waals surface area contributed by atoms with Gasteiger partial charge in [-0.25, -0.2) is 0 Å². The highest BCUT2D eigenvalue weighted by atomic mass is 80.0. The van der Waals surface area contributed by atoms with E-state index in [0.29, 0.717) is 11.3 Å². The van der Waals surface area contributed by atoms with Crippen molar-refractivity contribution in [2.24, 2.45) is 0 Å². The van der Waals surface area contributed by atoms with E-state index in [4.69, 9.17) is 4.74 Å². The maximum Gasteiger partial charge on any atom is 0.254 e. The van der Waals surface area contributed by atoms with Crippen molar-refractivity contribution in [2.45, 2.75) is 8.37 Å². The number of carbonyl (C=O) groups excluding carboxylic acids is 1. The van der Waals surface area contributed by atoms with Crippen molar-refractivity contribution in [3.63, 3.8) is 0 Å². The fourth-order valence-corrected chi connectivity index (χ4v) is 2.97. The van der Waals surface area contributed by atoms with Gasteiger partial charge >= 0.3 is 0 Å². The van der Waals surface area contributed by atoms with E-state index in [9.17, 15) is 4.79 Å². The largest absolute Gasteiger partial charge is 0.467 e. The minimum Gasteiger partial charge on any atom is -0.467 e. The number of hydrogen-bond acceptors (Lipinski definition) is 2. The van der Waals surface area contributed by atoms with Crippen LogP contribution in [0.25, 0.3) is 10.8 Å². The van der Waals surface area contributed by atoms with Crippen LogP contribution >= 0.6 is 47.8 Å². The molecule has 0 fully saturated rings. The molecule has 0 saturated heterocycles. The second-order valence-electron chi connectivity index (χ2n) is 5.39. The van der Waals surface area contributed by atoms with Gasteiger partial charge in [0.1, 0.15) is 5.75 Å². The summed E-state index contributed by atoms with van der Waals surface area (Å²) in [7, 11) is 0. The number of rotatable bonds is 4. The minimum absolute atomic E-state index is 0.228. The molecule has 0 aromatic heterocycles. The highest BCUT2D eigenvalue weighted by molar-refractivity contribution is 9.39. The molecule has 0 aliphatic heterocycles. The van der Waals surface area contributed by atoms with E-state index in [2.05, 4.69) is 53.1 Å². The number of halogens is 3. The molecule has 1 amide bonds. The van der Waals surface area contributed by atoms with E-state index in [1.54, 1.807) is 12.1 Å². The molecule has 0 saturated carbocycles. The number of benzene rings is 3. The zero-order valence-corrected chi connectivity index (χ0v) is 17.7. The van der Waals surface area contributed by atoms with E-state index in [0.717, 1.165) is 10.8 Å². The van der Waals surface area contributed by atoms with Crippen LogP contribution in [0.5, 0.6) is 5.75 Å². The zero-order valence-electron chi connectivity index (χ0n) is 13.0. The molecule has 128 valence electrons. The van der Waals surface area contributed by atoms with Crippen molar-refractivity contribution in [1.82, 2.24) is 5.32 Å². The molecule has 0 heterocycles. The van der Waals surface area contributed by atoms with Crippen LogP contribution in [0.4, 0.5) is 0 Å². The predicted octanol–water partition coefficient (Wildman–Crippen LogP) is 5.81. The Morgan fingerprint density at radius 2 is 1.52 bits per heavy atom. The molecule has 0 spiro atoms. The minimum atomic E-state index is -0.816. The van der Waals surface area contributed by atoms with Crippen LogP contribution in [0.15, 0.2) is 72.8 Å². The number of ether oxygens (including phenoxy) is 1. The fraction of sp³-hybridized carbons (Fsp3) is 0.105. The Balaban J connectivity index is 1.82. The van der Waals surface area contributed by atoms with Gasteiger partial charge in [0.2, 0.25) is 6.23 Å². The Morgan fingerprint density at radius 1 is 0.880 bits per heavy atom. The lowest BCUT2D eigenvalue weighted by Crippen LogP contribution is -2.47. The Morgan fingerprint density at radius 3 is 2.20 bits per heavy atom. The summed E-state index contributed by atoms with van der Waals surface area (Å²) in [4.78, 5) is 12.5. The normalized spacial score (nSPS) is 12.6. The molecular formula is C19H14Br3NO2. The van der Waals surface area contributed by atoms with E-state index >= 15 is 0 Å². The molecule has 25 heavy (non-hydrogen) atoms. The summed E-state index contributed by atoms with van der Waals surface area (Å²) in [6.07, 6.45) is -0.693. The van der Waals surface area contributed by atoms with Crippen molar-refractivity contribution >= 4 is 64.5 Å². The summed E-state index contributed by atoms with van der Waals surface area (Å²) in [5, 5.41) is 5.06. The third kappa shape index (κ3) is 4.84. The molecule has 3 nitrogen and oxygen atoms in total. The summed E-state index contributed by atoms with van der Waals surface area (Å²) >= 11 is 10.3. The standard InChI is InChI=1S/C19H14Br3NO2/c20-19(21,22)18(23-17(24)14-7-2-1-3-8-14)25-16-11-10-13-6-4-5-9-15(13)12-16/h1-12,18H,(H,23,24)/t18-/m0/s1. The molecule has 3 rings (SSSR count). The van der Waals surface area contributed by atoms with Gasteiger partial charge in [0.15, 0.2) is 2.14 Å². The molecule has 3 aromatic carbocycles. The number of fused-ring (bicyclic) bond motifs is 1. The first-order valence-electron chi connectivity index (χ1n) is 7.51. The molecular weight excluding hydrogens is 514 g/mol. The van der Waals surface area contributed by atoms with Gasteiger partial charge in [-0.1, -0.05) is 96.3 Å². The summed E-state index contributed by atoms with van der Waals surface area (Å²) in [5.41, 5.74) is 0.561. The third-order valence-electron chi connectivity index (χ3n) is 3.57. The van der Waals surface area contributed by atoms with Gasteiger partial charge in [-0.3, -0.25) is 4.79 Å². The average Bonchev–Trinajstić information content (AvgIpc) is 2.61. The first-order chi connectivity index (χ1) is 11.9. The number of alkyl halides is 3. The van der Waals surface area contributed by atoms with Gasteiger partial charge < -0.3 is 10.1 Å². The van der Waals surface area contributed by atoms with Crippen molar-refractivity contribution in [2.75, 3.05) is 0 Å². The SMILES string of the molecule is O=C(N[C@@H](Oc1ccc2ccccc2c1)C(Br)(Br)Br)c1ccccc1. The molecule has 0 radical (unpaired) electrons. The summed E-state index contributed by atoms with van der Waals surface area (Å²) < 4.78 is 5.19. The fourth-order valence-electron chi connectivity index (χ4n) is 2.35. The molecule has 6 heteroatoms. The summed E-state index contributed by atoms with van der Waals surface area (Å²) in [5.74, 6) is 0.425. The number of amides is 1. The quantitative estimate of drug-likeness (QED) is 0.343. The molecule has 0 aliphatic rings. The van der Waals surface area contributed by atoms with Crippen LogP contribution in [0, 0.1) is 0 Å². The van der Waals surface area contributed by atoms with E-state index in [-0.39, 0.29) is 5.91 Å². The van der Waals surface area contributed by atoms with Gasteiger partial charge in [-0.05, 0) is 35.0 Å². The van der Waals surface area contributed by atoms with E-state index in [1.807, 2.05) is 60.7 Å². The molecule has 1 N–H and O–H groups in total. The van der Waals surface area contributed by atoms with Crippen LogP contribution in [0.2, 0.25) is 0 Å². The lowest BCUT2D eigenvalue weighted by atomic mass is 10.1. The average molecular weight is 528 g/mol. The molecule has 0 unspecified atom stereocenters.